The van der Waals surface area contributed by atoms with E-state index in [-0.39, 0.29) is 11.8 Å². The highest BCUT2D eigenvalue weighted by atomic mass is 16.2. The maximum absolute atomic E-state index is 13.7. The zero-order valence-electron chi connectivity index (χ0n) is 19.5. The Hall–Kier alpha value is -2.66. The van der Waals surface area contributed by atoms with Crippen LogP contribution in [0.25, 0.3) is 0 Å². The summed E-state index contributed by atoms with van der Waals surface area (Å²) in [6.07, 6.45) is 2.00. The third-order valence-corrected chi connectivity index (χ3v) is 7.04. The highest BCUT2D eigenvalue weighted by molar-refractivity contribution is 6.00. The van der Waals surface area contributed by atoms with Gasteiger partial charge in [0.2, 0.25) is 11.8 Å². The molecule has 4 rings (SSSR count). The van der Waals surface area contributed by atoms with Crippen LogP contribution < -0.4 is 5.32 Å². The van der Waals surface area contributed by atoms with Gasteiger partial charge >= 0.3 is 0 Å². The van der Waals surface area contributed by atoms with Crippen LogP contribution >= 0.6 is 0 Å². The van der Waals surface area contributed by atoms with Gasteiger partial charge in [0, 0.05) is 26.2 Å². The van der Waals surface area contributed by atoms with Crippen LogP contribution in [0.5, 0.6) is 0 Å². The smallest absolute Gasteiger partial charge is 0.246 e. The largest absolute Gasteiger partial charge is 0.342 e. The maximum atomic E-state index is 13.7. The third kappa shape index (κ3) is 4.58. The molecule has 2 aromatic carbocycles. The lowest BCUT2D eigenvalue weighted by molar-refractivity contribution is -0.162. The first-order valence-electron chi connectivity index (χ1n) is 11.8. The lowest BCUT2D eigenvalue weighted by Crippen LogP contribution is -2.72. The van der Waals surface area contributed by atoms with Crippen molar-refractivity contribution in [1.29, 1.82) is 0 Å². The number of hydrogen-bond acceptors (Lipinski definition) is 3. The number of amides is 2. The lowest BCUT2D eigenvalue weighted by Gasteiger charge is -2.52. The molecule has 1 spiro atoms. The summed E-state index contributed by atoms with van der Waals surface area (Å²) < 4.78 is 0. The fraction of sp³-hybridized carbons (Fsp3) is 0.481. The Balaban J connectivity index is 1.57. The van der Waals surface area contributed by atoms with Crippen LogP contribution in [0.15, 0.2) is 54.6 Å². The molecule has 0 aromatic heterocycles. The number of benzene rings is 2. The van der Waals surface area contributed by atoms with Gasteiger partial charge in [-0.2, -0.15) is 0 Å². The minimum Gasteiger partial charge on any atom is -0.342 e. The summed E-state index contributed by atoms with van der Waals surface area (Å²) in [6, 6.07) is 18.2. The number of nitrogens with one attached hydrogen (secondary N) is 1. The van der Waals surface area contributed by atoms with Crippen LogP contribution in [-0.4, -0.2) is 46.3 Å². The quantitative estimate of drug-likeness (QED) is 0.752. The van der Waals surface area contributed by atoms with Crippen molar-refractivity contribution in [1.82, 2.24) is 15.1 Å². The Morgan fingerprint density at radius 3 is 2.28 bits per heavy atom. The van der Waals surface area contributed by atoms with E-state index < -0.39 is 11.6 Å². The highest BCUT2D eigenvalue weighted by Crippen LogP contribution is 2.36. The van der Waals surface area contributed by atoms with Gasteiger partial charge in [0.1, 0.15) is 11.6 Å². The minimum absolute atomic E-state index is 0.0238. The zero-order valence-corrected chi connectivity index (χ0v) is 19.5. The van der Waals surface area contributed by atoms with E-state index >= 15 is 0 Å². The fourth-order valence-corrected chi connectivity index (χ4v) is 5.11. The van der Waals surface area contributed by atoms with Crippen LogP contribution in [-0.2, 0) is 22.7 Å². The Morgan fingerprint density at radius 2 is 1.62 bits per heavy atom. The van der Waals surface area contributed by atoms with Crippen LogP contribution in [0.4, 0.5) is 0 Å². The van der Waals surface area contributed by atoms with Crippen LogP contribution in [0.1, 0.15) is 49.8 Å². The van der Waals surface area contributed by atoms with Crippen LogP contribution in [0, 0.1) is 12.8 Å². The Bertz CT molecular complexity index is 948. The van der Waals surface area contributed by atoms with E-state index in [0.29, 0.717) is 31.7 Å². The summed E-state index contributed by atoms with van der Waals surface area (Å²) in [4.78, 5) is 31.5. The number of nitrogens with zero attached hydrogens (tertiary/aromatic N) is 2. The van der Waals surface area contributed by atoms with E-state index in [2.05, 4.69) is 67.4 Å². The first-order chi connectivity index (χ1) is 15.4. The van der Waals surface area contributed by atoms with Gasteiger partial charge in [0.15, 0.2) is 0 Å². The molecule has 0 aliphatic carbocycles. The normalized spacial score (nSPS) is 21.2. The standard InChI is InChI=1S/C27H35N3O2/c1-20(2)17-24-25(31)30(19-23-12-8-7-9-21(23)3)27(26(32)28-24)13-15-29(16-14-27)18-22-10-5-4-6-11-22/h4-12,20,24H,13-19H2,1-3H3,(H,28,32). The number of piperazine rings is 1. The number of hydrogen-bond donors (Lipinski definition) is 1. The molecule has 2 fully saturated rings. The molecule has 0 bridgehead atoms. The molecule has 0 saturated carbocycles. The second kappa shape index (κ2) is 9.45. The fourth-order valence-electron chi connectivity index (χ4n) is 5.11. The molecule has 0 radical (unpaired) electrons. The summed E-state index contributed by atoms with van der Waals surface area (Å²) in [5.41, 5.74) is 2.79. The van der Waals surface area contributed by atoms with E-state index in [9.17, 15) is 9.59 Å². The Kier molecular flexibility index (Phi) is 6.66. The molecule has 2 saturated heterocycles. The van der Waals surface area contributed by atoms with Gasteiger partial charge in [0.05, 0.1) is 0 Å². The molecular weight excluding hydrogens is 398 g/mol. The summed E-state index contributed by atoms with van der Waals surface area (Å²) in [6.45, 7) is 9.23. The minimum atomic E-state index is -0.764. The molecule has 2 heterocycles. The number of carbonyl (C=O) groups is 2. The number of aryl methyl sites for hydroxylation is 1. The van der Waals surface area contributed by atoms with E-state index in [1.165, 1.54) is 5.56 Å². The van der Waals surface area contributed by atoms with Crippen molar-refractivity contribution in [3.63, 3.8) is 0 Å². The van der Waals surface area contributed by atoms with Gasteiger partial charge in [-0.15, -0.1) is 0 Å². The number of rotatable bonds is 6. The average molecular weight is 434 g/mol. The molecule has 32 heavy (non-hydrogen) atoms. The molecule has 170 valence electrons. The van der Waals surface area contributed by atoms with Crippen molar-refractivity contribution in [2.24, 2.45) is 5.92 Å². The first-order valence-corrected chi connectivity index (χ1v) is 11.8. The van der Waals surface area contributed by atoms with Gasteiger partial charge < -0.3 is 10.2 Å². The van der Waals surface area contributed by atoms with Crippen LogP contribution in [0.2, 0.25) is 0 Å². The number of likely N-dealkylation sites (tertiary alicyclic amines) is 1. The topological polar surface area (TPSA) is 52.7 Å². The molecule has 1 atom stereocenters. The van der Waals surface area contributed by atoms with E-state index in [4.69, 9.17) is 0 Å². The van der Waals surface area contributed by atoms with Crippen molar-refractivity contribution in [2.45, 2.75) is 64.7 Å². The first kappa shape index (κ1) is 22.5. The van der Waals surface area contributed by atoms with Crippen LogP contribution in [0.3, 0.4) is 0 Å². The van der Waals surface area contributed by atoms with Crippen molar-refractivity contribution in [2.75, 3.05) is 13.1 Å². The predicted octanol–water partition coefficient (Wildman–Crippen LogP) is 3.90. The Labute approximate surface area is 191 Å². The van der Waals surface area contributed by atoms with Gasteiger partial charge in [-0.05, 0) is 48.8 Å². The number of piperidine rings is 1. The summed E-state index contributed by atoms with van der Waals surface area (Å²) in [5, 5.41) is 3.10. The molecule has 5 nitrogen and oxygen atoms in total. The SMILES string of the molecule is Cc1ccccc1CN1C(=O)C(CC(C)C)NC(=O)C12CCN(Cc1ccccc1)CC2. The third-order valence-electron chi connectivity index (χ3n) is 7.04. The molecule has 2 aliphatic rings. The van der Waals surface area contributed by atoms with Gasteiger partial charge in [-0.1, -0.05) is 68.4 Å². The average Bonchev–Trinajstić information content (AvgIpc) is 2.78. The molecule has 2 aliphatic heterocycles. The van der Waals surface area contributed by atoms with Crippen molar-refractivity contribution >= 4 is 11.8 Å². The van der Waals surface area contributed by atoms with E-state index in [0.717, 1.165) is 30.8 Å². The molecule has 1 N–H and O–H groups in total. The molecule has 2 aromatic rings. The predicted molar refractivity (Wildman–Crippen MR) is 127 cm³/mol. The second-order valence-corrected chi connectivity index (χ2v) is 9.80. The van der Waals surface area contributed by atoms with E-state index in [1.54, 1.807) is 0 Å². The second-order valence-electron chi connectivity index (χ2n) is 9.80. The molecule has 5 heteroatoms. The molecular formula is C27H35N3O2. The molecule has 2 amide bonds. The summed E-state index contributed by atoms with van der Waals surface area (Å²) in [5.74, 6) is 0.431. The summed E-state index contributed by atoms with van der Waals surface area (Å²) in [7, 11) is 0. The summed E-state index contributed by atoms with van der Waals surface area (Å²) >= 11 is 0. The van der Waals surface area contributed by atoms with Gasteiger partial charge in [-0.25, -0.2) is 0 Å². The van der Waals surface area contributed by atoms with Crippen molar-refractivity contribution < 1.29 is 9.59 Å². The molecule has 1 unspecified atom stereocenters. The van der Waals surface area contributed by atoms with Gasteiger partial charge in [-0.3, -0.25) is 14.5 Å². The van der Waals surface area contributed by atoms with E-state index in [1.807, 2.05) is 23.1 Å². The zero-order chi connectivity index (χ0) is 22.7. The monoisotopic (exact) mass is 433 g/mol. The van der Waals surface area contributed by atoms with Crippen molar-refractivity contribution in [3.05, 3.63) is 71.3 Å². The highest BCUT2D eigenvalue weighted by Gasteiger charge is 2.53. The lowest BCUT2D eigenvalue weighted by atomic mass is 9.80. The van der Waals surface area contributed by atoms with Crippen molar-refractivity contribution in [3.8, 4) is 0 Å². The Morgan fingerprint density at radius 1 is 0.969 bits per heavy atom. The number of carbonyl (C=O) groups excluding carboxylic acids is 2. The maximum Gasteiger partial charge on any atom is 0.246 e. The van der Waals surface area contributed by atoms with Gasteiger partial charge in [0.25, 0.3) is 0 Å².